The minimum atomic E-state index is -0.0340. The van der Waals surface area contributed by atoms with Gasteiger partial charge in [0.05, 0.1) is 0 Å². The maximum atomic E-state index is 10.8. The van der Waals surface area contributed by atoms with Gasteiger partial charge in [0.2, 0.25) is 5.91 Å². The molecular formula is C9H10INOS. The van der Waals surface area contributed by atoms with Crippen molar-refractivity contribution in [3.05, 3.63) is 21.8 Å². The molecule has 1 amide bonds. The molecule has 1 aromatic carbocycles. The zero-order valence-electron chi connectivity index (χ0n) is 7.43. The van der Waals surface area contributed by atoms with Crippen LogP contribution in [0, 0.1) is 3.57 Å². The molecule has 1 aromatic rings. The van der Waals surface area contributed by atoms with E-state index in [0.717, 1.165) is 5.69 Å². The number of benzene rings is 1. The highest BCUT2D eigenvalue weighted by Crippen LogP contribution is 2.25. The van der Waals surface area contributed by atoms with E-state index < -0.39 is 0 Å². The first-order valence-electron chi connectivity index (χ1n) is 3.74. The van der Waals surface area contributed by atoms with E-state index in [2.05, 4.69) is 27.9 Å². The SMILES string of the molecule is CSc1cc(NC(C)=O)ccc1I. The molecule has 0 radical (unpaired) electrons. The Morgan fingerprint density at radius 2 is 2.23 bits per heavy atom. The quantitative estimate of drug-likeness (QED) is 0.672. The van der Waals surface area contributed by atoms with E-state index in [4.69, 9.17) is 0 Å². The second kappa shape index (κ2) is 4.85. The molecule has 0 spiro atoms. The summed E-state index contributed by atoms with van der Waals surface area (Å²) in [5.74, 6) is -0.0340. The molecule has 0 fully saturated rings. The summed E-state index contributed by atoms with van der Waals surface area (Å²) in [6, 6.07) is 5.88. The Hall–Kier alpha value is -0.230. The summed E-state index contributed by atoms with van der Waals surface area (Å²) in [7, 11) is 0. The number of anilines is 1. The number of rotatable bonds is 2. The van der Waals surface area contributed by atoms with Crippen LogP contribution in [0.5, 0.6) is 0 Å². The van der Waals surface area contributed by atoms with Crippen molar-refractivity contribution < 1.29 is 4.79 Å². The lowest BCUT2D eigenvalue weighted by atomic mass is 10.3. The second-order valence-electron chi connectivity index (χ2n) is 2.53. The van der Waals surface area contributed by atoms with Crippen LogP contribution in [0.1, 0.15) is 6.92 Å². The van der Waals surface area contributed by atoms with Crippen LogP contribution in [0.2, 0.25) is 0 Å². The Morgan fingerprint density at radius 1 is 1.54 bits per heavy atom. The van der Waals surface area contributed by atoms with E-state index in [1.807, 2.05) is 24.5 Å². The molecule has 0 saturated carbocycles. The van der Waals surface area contributed by atoms with E-state index in [9.17, 15) is 4.79 Å². The molecule has 0 heterocycles. The highest BCUT2D eigenvalue weighted by molar-refractivity contribution is 14.1. The zero-order valence-corrected chi connectivity index (χ0v) is 10.4. The summed E-state index contributed by atoms with van der Waals surface area (Å²) >= 11 is 3.96. The summed E-state index contributed by atoms with van der Waals surface area (Å²) in [4.78, 5) is 12.0. The molecule has 1 rings (SSSR count). The highest BCUT2D eigenvalue weighted by atomic mass is 127. The van der Waals surface area contributed by atoms with Crippen molar-refractivity contribution >= 4 is 45.9 Å². The fourth-order valence-corrected chi connectivity index (χ4v) is 2.44. The van der Waals surface area contributed by atoms with Gasteiger partial charge in [0.1, 0.15) is 0 Å². The molecule has 2 nitrogen and oxygen atoms in total. The number of halogens is 1. The molecule has 0 aromatic heterocycles. The third-order valence-corrected chi connectivity index (χ3v) is 3.56. The normalized spacial score (nSPS) is 9.77. The van der Waals surface area contributed by atoms with Gasteiger partial charge >= 0.3 is 0 Å². The number of nitrogens with one attached hydrogen (secondary N) is 1. The van der Waals surface area contributed by atoms with E-state index in [1.54, 1.807) is 11.8 Å². The number of thioether (sulfide) groups is 1. The summed E-state index contributed by atoms with van der Waals surface area (Å²) in [6.07, 6.45) is 2.02. The van der Waals surface area contributed by atoms with Crippen LogP contribution in [-0.4, -0.2) is 12.2 Å². The minimum absolute atomic E-state index is 0.0340. The molecule has 70 valence electrons. The van der Waals surface area contributed by atoms with Crippen LogP contribution in [-0.2, 0) is 4.79 Å². The van der Waals surface area contributed by atoms with Crippen molar-refractivity contribution in [1.82, 2.24) is 0 Å². The van der Waals surface area contributed by atoms with Crippen molar-refractivity contribution in [2.24, 2.45) is 0 Å². The number of amides is 1. The minimum Gasteiger partial charge on any atom is -0.326 e. The van der Waals surface area contributed by atoms with E-state index in [0.29, 0.717) is 0 Å². The smallest absolute Gasteiger partial charge is 0.221 e. The van der Waals surface area contributed by atoms with Crippen LogP contribution < -0.4 is 5.32 Å². The van der Waals surface area contributed by atoms with Crippen molar-refractivity contribution in [3.8, 4) is 0 Å². The summed E-state index contributed by atoms with van der Waals surface area (Å²) in [6.45, 7) is 1.51. The number of hydrogen-bond donors (Lipinski definition) is 1. The molecule has 0 bridgehead atoms. The summed E-state index contributed by atoms with van der Waals surface area (Å²) in [5.41, 5.74) is 0.859. The highest BCUT2D eigenvalue weighted by Gasteiger charge is 2.00. The average molecular weight is 307 g/mol. The van der Waals surface area contributed by atoms with E-state index >= 15 is 0 Å². The van der Waals surface area contributed by atoms with Gasteiger partial charge in [-0.15, -0.1) is 11.8 Å². The fourth-order valence-electron chi connectivity index (χ4n) is 0.941. The Labute approximate surface area is 95.6 Å². The Kier molecular flexibility index (Phi) is 4.05. The third-order valence-electron chi connectivity index (χ3n) is 1.47. The topological polar surface area (TPSA) is 29.1 Å². The van der Waals surface area contributed by atoms with Crippen molar-refractivity contribution in [1.29, 1.82) is 0 Å². The lowest BCUT2D eigenvalue weighted by Crippen LogP contribution is -2.05. The third kappa shape index (κ3) is 3.19. The van der Waals surface area contributed by atoms with Gasteiger partial charge < -0.3 is 5.32 Å². The average Bonchev–Trinajstić information content (AvgIpc) is 2.07. The zero-order chi connectivity index (χ0) is 9.84. The molecule has 0 aliphatic carbocycles. The Morgan fingerprint density at radius 3 is 2.77 bits per heavy atom. The summed E-state index contributed by atoms with van der Waals surface area (Å²) < 4.78 is 1.21. The number of carbonyl (C=O) groups is 1. The molecule has 13 heavy (non-hydrogen) atoms. The largest absolute Gasteiger partial charge is 0.326 e. The van der Waals surface area contributed by atoms with Gasteiger partial charge in [0, 0.05) is 21.1 Å². The van der Waals surface area contributed by atoms with Crippen LogP contribution in [0.25, 0.3) is 0 Å². The van der Waals surface area contributed by atoms with Gasteiger partial charge in [0.25, 0.3) is 0 Å². The van der Waals surface area contributed by atoms with Crippen molar-refractivity contribution in [2.45, 2.75) is 11.8 Å². The molecule has 0 saturated heterocycles. The number of hydrogen-bond acceptors (Lipinski definition) is 2. The lowest BCUT2D eigenvalue weighted by Gasteiger charge is -2.05. The molecule has 0 aliphatic rings. The molecule has 1 N–H and O–H groups in total. The predicted octanol–water partition coefficient (Wildman–Crippen LogP) is 2.97. The van der Waals surface area contributed by atoms with E-state index in [-0.39, 0.29) is 5.91 Å². The van der Waals surface area contributed by atoms with Gasteiger partial charge in [0.15, 0.2) is 0 Å². The Balaban J connectivity index is 2.92. The van der Waals surface area contributed by atoms with Crippen molar-refractivity contribution in [2.75, 3.05) is 11.6 Å². The van der Waals surface area contributed by atoms with Crippen LogP contribution in [0.4, 0.5) is 5.69 Å². The first kappa shape index (κ1) is 10.8. The standard InChI is InChI=1S/C9H10INOS/c1-6(12)11-7-3-4-8(10)9(5-7)13-2/h3-5H,1-2H3,(H,11,12). The second-order valence-corrected chi connectivity index (χ2v) is 4.54. The van der Waals surface area contributed by atoms with E-state index in [1.165, 1.54) is 15.4 Å². The molecular weight excluding hydrogens is 297 g/mol. The van der Waals surface area contributed by atoms with Crippen LogP contribution in [0.15, 0.2) is 23.1 Å². The lowest BCUT2D eigenvalue weighted by molar-refractivity contribution is -0.114. The monoisotopic (exact) mass is 307 g/mol. The first-order chi connectivity index (χ1) is 6.13. The van der Waals surface area contributed by atoms with Crippen molar-refractivity contribution in [3.63, 3.8) is 0 Å². The van der Waals surface area contributed by atoms with Gasteiger partial charge in [-0.2, -0.15) is 0 Å². The first-order valence-corrected chi connectivity index (χ1v) is 6.05. The van der Waals surface area contributed by atoms with Gasteiger partial charge in [-0.25, -0.2) is 0 Å². The fraction of sp³-hybridized carbons (Fsp3) is 0.222. The summed E-state index contributed by atoms with van der Waals surface area (Å²) in [5, 5.41) is 2.75. The molecule has 0 unspecified atom stereocenters. The van der Waals surface area contributed by atoms with Crippen LogP contribution in [0.3, 0.4) is 0 Å². The molecule has 4 heteroatoms. The molecule has 0 atom stereocenters. The van der Waals surface area contributed by atoms with Crippen LogP contribution >= 0.6 is 34.4 Å². The number of carbonyl (C=O) groups excluding carboxylic acids is 1. The molecule has 0 aliphatic heterocycles. The van der Waals surface area contributed by atoms with Gasteiger partial charge in [-0.1, -0.05) is 0 Å². The predicted molar refractivity (Wildman–Crippen MR) is 65.2 cm³/mol. The van der Waals surface area contributed by atoms with Gasteiger partial charge in [-0.3, -0.25) is 4.79 Å². The maximum Gasteiger partial charge on any atom is 0.221 e. The maximum absolute atomic E-state index is 10.8. The van der Waals surface area contributed by atoms with Gasteiger partial charge in [-0.05, 0) is 47.0 Å². The Bertz CT molecular complexity index is 327.